The molecule has 1 fully saturated rings. The molecule has 2 N–H and O–H groups in total. The molecule has 1 saturated heterocycles. The molecule has 0 spiro atoms. The van der Waals surface area contributed by atoms with Crippen LogP contribution in [0.4, 0.5) is 0 Å². The Kier molecular flexibility index (Phi) is 5.04. The highest BCUT2D eigenvalue weighted by Crippen LogP contribution is 2.08. The normalized spacial score (nSPS) is 19.1. The number of rotatable bonds is 1. The third kappa shape index (κ3) is 4.62. The van der Waals surface area contributed by atoms with Crippen molar-refractivity contribution in [1.82, 2.24) is 4.90 Å². The van der Waals surface area contributed by atoms with Gasteiger partial charge in [0.2, 0.25) is 5.91 Å². The Labute approximate surface area is 113 Å². The number of aryl methyl sites for hydroxylation is 1. The molecule has 1 unspecified atom stereocenters. The van der Waals surface area contributed by atoms with Crippen LogP contribution in [0.3, 0.4) is 0 Å². The quantitative estimate of drug-likeness (QED) is 0.736. The summed E-state index contributed by atoms with van der Waals surface area (Å²) < 4.78 is 31.2. The van der Waals surface area contributed by atoms with Gasteiger partial charge < -0.3 is 15.2 Å². The van der Waals surface area contributed by atoms with Crippen LogP contribution < -0.4 is 5.73 Å². The number of hydrogen-bond acceptors (Lipinski definition) is 5. The van der Waals surface area contributed by atoms with Crippen molar-refractivity contribution in [1.29, 1.82) is 0 Å². The molecule has 1 aliphatic heterocycles. The van der Waals surface area contributed by atoms with E-state index in [1.807, 2.05) is 6.92 Å². The summed E-state index contributed by atoms with van der Waals surface area (Å²) in [4.78, 5) is 12.2. The molecule has 7 heteroatoms. The van der Waals surface area contributed by atoms with Gasteiger partial charge in [-0.25, -0.2) is 8.42 Å². The third-order valence-electron chi connectivity index (χ3n) is 2.78. The number of amides is 1. The first-order valence-corrected chi connectivity index (χ1v) is 7.16. The molecule has 0 aliphatic carbocycles. The SMILES string of the molecule is CN1CCC(N)C1=O.Cc1ccc(S(=O)(=O)[O-])cc1. The highest BCUT2D eigenvalue weighted by atomic mass is 32.2. The minimum Gasteiger partial charge on any atom is -0.744 e. The van der Waals surface area contributed by atoms with Gasteiger partial charge in [0, 0.05) is 13.6 Å². The van der Waals surface area contributed by atoms with Gasteiger partial charge in [-0.05, 0) is 25.5 Å². The first kappa shape index (κ1) is 15.6. The monoisotopic (exact) mass is 285 g/mol. The number of likely N-dealkylation sites (tertiary alicyclic amines) is 1. The second kappa shape index (κ2) is 6.14. The number of carbonyl (C=O) groups excluding carboxylic acids is 1. The fourth-order valence-corrected chi connectivity index (χ4v) is 2.02. The standard InChI is InChI=1S/C7H8O3S.C5H10N2O/c1-6-2-4-7(5-3-6)11(8,9)10;1-7-3-2-4(6)5(7)8/h2-5H,1H3,(H,8,9,10);4H,2-3,6H2,1H3/p-1. The van der Waals surface area contributed by atoms with Gasteiger partial charge in [-0.1, -0.05) is 17.7 Å². The minimum atomic E-state index is -4.27. The summed E-state index contributed by atoms with van der Waals surface area (Å²) in [6.45, 7) is 2.64. The molecule has 0 saturated carbocycles. The van der Waals surface area contributed by atoms with Gasteiger partial charge in [0.05, 0.1) is 10.9 Å². The van der Waals surface area contributed by atoms with E-state index in [1.54, 1.807) is 24.1 Å². The maximum Gasteiger partial charge on any atom is 0.239 e. The summed E-state index contributed by atoms with van der Waals surface area (Å²) in [6.07, 6.45) is 0.815. The van der Waals surface area contributed by atoms with E-state index in [4.69, 9.17) is 5.73 Å². The molecule has 0 bridgehead atoms. The zero-order chi connectivity index (χ0) is 14.6. The van der Waals surface area contributed by atoms with E-state index in [-0.39, 0.29) is 16.8 Å². The van der Waals surface area contributed by atoms with Gasteiger partial charge in [-0.2, -0.15) is 0 Å². The van der Waals surface area contributed by atoms with Crippen molar-refractivity contribution in [2.24, 2.45) is 5.73 Å². The molecule has 0 aromatic heterocycles. The lowest BCUT2D eigenvalue weighted by Gasteiger charge is -2.05. The fourth-order valence-electron chi connectivity index (χ4n) is 1.55. The Morgan fingerprint density at radius 3 is 2.11 bits per heavy atom. The molecule has 1 aliphatic rings. The highest BCUT2D eigenvalue weighted by molar-refractivity contribution is 7.85. The number of nitrogens with two attached hydrogens (primary N) is 1. The van der Waals surface area contributed by atoms with Crippen LogP contribution in [0.15, 0.2) is 29.2 Å². The van der Waals surface area contributed by atoms with E-state index in [9.17, 15) is 17.8 Å². The second-order valence-electron chi connectivity index (χ2n) is 4.42. The summed E-state index contributed by atoms with van der Waals surface area (Å²) in [7, 11) is -2.50. The summed E-state index contributed by atoms with van der Waals surface area (Å²) in [6, 6.07) is 5.56. The molecule has 1 heterocycles. The summed E-state index contributed by atoms with van der Waals surface area (Å²) in [5.74, 6) is 0.0741. The fraction of sp³-hybridized carbons (Fsp3) is 0.417. The zero-order valence-electron chi connectivity index (χ0n) is 10.9. The van der Waals surface area contributed by atoms with Crippen molar-refractivity contribution in [3.05, 3.63) is 29.8 Å². The van der Waals surface area contributed by atoms with Crippen LogP contribution >= 0.6 is 0 Å². The summed E-state index contributed by atoms with van der Waals surface area (Å²) in [5.41, 5.74) is 6.31. The van der Waals surface area contributed by atoms with E-state index >= 15 is 0 Å². The van der Waals surface area contributed by atoms with Crippen molar-refractivity contribution in [3.8, 4) is 0 Å². The first-order chi connectivity index (χ1) is 8.71. The first-order valence-electron chi connectivity index (χ1n) is 5.75. The van der Waals surface area contributed by atoms with Crippen LogP contribution in [-0.4, -0.2) is 43.4 Å². The third-order valence-corrected chi connectivity index (χ3v) is 3.63. The van der Waals surface area contributed by atoms with Gasteiger partial charge in [-0.3, -0.25) is 4.79 Å². The molecular weight excluding hydrogens is 268 g/mol. The van der Waals surface area contributed by atoms with Crippen molar-refractivity contribution in [3.63, 3.8) is 0 Å². The molecule has 1 aromatic rings. The molecule has 6 nitrogen and oxygen atoms in total. The lowest BCUT2D eigenvalue weighted by molar-refractivity contribution is -0.127. The average molecular weight is 285 g/mol. The molecule has 1 aromatic carbocycles. The number of benzene rings is 1. The van der Waals surface area contributed by atoms with Crippen LogP contribution in [0.2, 0.25) is 0 Å². The van der Waals surface area contributed by atoms with E-state index in [2.05, 4.69) is 0 Å². The van der Waals surface area contributed by atoms with Gasteiger partial charge in [0.25, 0.3) is 0 Å². The molecule has 106 valence electrons. The van der Waals surface area contributed by atoms with Crippen LogP contribution in [-0.2, 0) is 14.9 Å². The second-order valence-corrected chi connectivity index (χ2v) is 5.80. The Balaban J connectivity index is 0.000000200. The van der Waals surface area contributed by atoms with Gasteiger partial charge in [0.1, 0.15) is 10.1 Å². The van der Waals surface area contributed by atoms with Crippen molar-refractivity contribution in [2.75, 3.05) is 13.6 Å². The molecule has 1 atom stereocenters. The lowest BCUT2D eigenvalue weighted by Crippen LogP contribution is -2.31. The number of hydrogen-bond donors (Lipinski definition) is 1. The van der Waals surface area contributed by atoms with Crippen molar-refractivity contribution >= 4 is 16.0 Å². The van der Waals surface area contributed by atoms with E-state index in [0.717, 1.165) is 18.5 Å². The van der Waals surface area contributed by atoms with E-state index in [1.165, 1.54) is 12.1 Å². The van der Waals surface area contributed by atoms with Crippen LogP contribution in [0.1, 0.15) is 12.0 Å². The zero-order valence-corrected chi connectivity index (χ0v) is 11.7. The van der Waals surface area contributed by atoms with E-state index < -0.39 is 10.1 Å². The highest BCUT2D eigenvalue weighted by Gasteiger charge is 2.24. The number of likely N-dealkylation sites (N-methyl/N-ethyl adjacent to an activating group) is 1. The molecular formula is C12H17N2O4S-. The van der Waals surface area contributed by atoms with Crippen molar-refractivity contribution in [2.45, 2.75) is 24.3 Å². The molecule has 19 heavy (non-hydrogen) atoms. The maximum atomic E-state index is 10.7. The molecule has 2 rings (SSSR count). The van der Waals surface area contributed by atoms with Crippen molar-refractivity contribution < 1.29 is 17.8 Å². The molecule has 1 amide bonds. The topological polar surface area (TPSA) is 104 Å². The largest absolute Gasteiger partial charge is 0.744 e. The average Bonchev–Trinajstić information content (AvgIpc) is 2.61. The summed E-state index contributed by atoms with van der Waals surface area (Å²) >= 11 is 0. The summed E-state index contributed by atoms with van der Waals surface area (Å²) in [5, 5.41) is 0. The smallest absolute Gasteiger partial charge is 0.239 e. The maximum absolute atomic E-state index is 10.7. The predicted molar refractivity (Wildman–Crippen MR) is 69.4 cm³/mol. The Morgan fingerprint density at radius 2 is 1.84 bits per heavy atom. The number of carbonyl (C=O) groups is 1. The van der Waals surface area contributed by atoms with Crippen LogP contribution in [0.5, 0.6) is 0 Å². The van der Waals surface area contributed by atoms with Crippen LogP contribution in [0, 0.1) is 6.92 Å². The minimum absolute atomic E-state index is 0.0741. The predicted octanol–water partition coefficient (Wildman–Crippen LogP) is 0.0749. The Morgan fingerprint density at radius 1 is 1.32 bits per heavy atom. The van der Waals surface area contributed by atoms with Gasteiger partial charge >= 0.3 is 0 Å². The Hall–Kier alpha value is -1.44. The lowest BCUT2D eigenvalue weighted by atomic mass is 10.2. The van der Waals surface area contributed by atoms with E-state index in [0.29, 0.717) is 0 Å². The van der Waals surface area contributed by atoms with Gasteiger partial charge in [0.15, 0.2) is 0 Å². The van der Waals surface area contributed by atoms with Gasteiger partial charge in [-0.15, -0.1) is 0 Å². The van der Waals surface area contributed by atoms with Crippen LogP contribution in [0.25, 0.3) is 0 Å². The Bertz CT molecular complexity index is 527. The molecule has 0 radical (unpaired) electrons. The number of nitrogens with zero attached hydrogens (tertiary/aromatic N) is 1.